The van der Waals surface area contributed by atoms with Gasteiger partial charge in [-0.05, 0) is 18.2 Å². The molecule has 0 bridgehead atoms. The molecule has 0 spiro atoms. The molecule has 0 saturated carbocycles. The molecular formula is C15H9F6N3O2. The maximum Gasteiger partial charge on any atom is 0.417 e. The SMILES string of the molecule is Cn1c(=O)c2c(C(F)(F)F)c3cc(C(F)(F)F)ccc3nc2n(C)c1=O. The van der Waals surface area contributed by atoms with Crippen molar-refractivity contribution < 1.29 is 26.3 Å². The first-order valence-electron chi connectivity index (χ1n) is 7.02. The zero-order chi connectivity index (χ0) is 19.6. The van der Waals surface area contributed by atoms with E-state index in [1.165, 1.54) is 0 Å². The van der Waals surface area contributed by atoms with Crippen LogP contribution in [0.1, 0.15) is 11.1 Å². The Morgan fingerprint density at radius 1 is 0.923 bits per heavy atom. The molecule has 0 unspecified atom stereocenters. The number of alkyl halides is 6. The number of halogens is 6. The van der Waals surface area contributed by atoms with Gasteiger partial charge in [-0.25, -0.2) is 9.78 Å². The van der Waals surface area contributed by atoms with Crippen LogP contribution in [0.2, 0.25) is 0 Å². The van der Waals surface area contributed by atoms with Crippen LogP contribution in [0.25, 0.3) is 21.9 Å². The van der Waals surface area contributed by atoms with Gasteiger partial charge in [0.05, 0.1) is 22.0 Å². The van der Waals surface area contributed by atoms with Gasteiger partial charge in [-0.1, -0.05) is 0 Å². The molecule has 0 aliphatic rings. The van der Waals surface area contributed by atoms with Crippen LogP contribution in [0, 0.1) is 0 Å². The van der Waals surface area contributed by atoms with Crippen LogP contribution in [0.15, 0.2) is 27.8 Å². The van der Waals surface area contributed by atoms with E-state index in [-0.39, 0.29) is 0 Å². The Hall–Kier alpha value is -2.85. The van der Waals surface area contributed by atoms with Crippen LogP contribution in [-0.2, 0) is 26.4 Å². The number of benzene rings is 1. The van der Waals surface area contributed by atoms with Crippen molar-refractivity contribution in [2.45, 2.75) is 12.4 Å². The fourth-order valence-corrected chi connectivity index (χ4v) is 2.74. The Labute approximate surface area is 140 Å². The first kappa shape index (κ1) is 18.0. The summed E-state index contributed by atoms with van der Waals surface area (Å²) in [6.45, 7) is 0. The lowest BCUT2D eigenvalue weighted by Crippen LogP contribution is -2.38. The summed E-state index contributed by atoms with van der Waals surface area (Å²) in [6.07, 6.45) is -10.0. The highest BCUT2D eigenvalue weighted by molar-refractivity contribution is 5.96. The van der Waals surface area contributed by atoms with Gasteiger partial charge in [0.2, 0.25) is 0 Å². The van der Waals surface area contributed by atoms with Gasteiger partial charge in [-0.3, -0.25) is 13.9 Å². The van der Waals surface area contributed by atoms with Crippen LogP contribution in [0.5, 0.6) is 0 Å². The second-order valence-corrected chi connectivity index (χ2v) is 5.62. The van der Waals surface area contributed by atoms with Gasteiger partial charge in [-0.15, -0.1) is 0 Å². The van der Waals surface area contributed by atoms with Crippen molar-refractivity contribution in [1.82, 2.24) is 14.1 Å². The van der Waals surface area contributed by atoms with Gasteiger partial charge in [0, 0.05) is 19.5 Å². The highest BCUT2D eigenvalue weighted by Crippen LogP contribution is 2.40. The molecule has 2 heterocycles. The van der Waals surface area contributed by atoms with Crippen LogP contribution in [-0.4, -0.2) is 14.1 Å². The Kier molecular flexibility index (Phi) is 3.68. The Morgan fingerprint density at radius 2 is 1.54 bits per heavy atom. The standard InChI is InChI=1S/C15H9F6N3O2/c1-23-11-9(12(25)24(2)13(23)26)10(15(19,20)21)7-5-6(14(16,17)18)3-4-8(7)22-11/h3-5H,1-2H3. The predicted molar refractivity (Wildman–Crippen MR) is 79.7 cm³/mol. The average Bonchev–Trinajstić information content (AvgIpc) is 2.53. The van der Waals surface area contributed by atoms with Gasteiger partial charge in [-0.2, -0.15) is 26.3 Å². The first-order valence-corrected chi connectivity index (χ1v) is 7.02. The topological polar surface area (TPSA) is 56.9 Å². The summed E-state index contributed by atoms with van der Waals surface area (Å²) in [6, 6.07) is 1.66. The average molecular weight is 377 g/mol. The summed E-state index contributed by atoms with van der Waals surface area (Å²) < 4.78 is 80.9. The van der Waals surface area contributed by atoms with Crippen molar-refractivity contribution in [2.24, 2.45) is 14.1 Å². The van der Waals surface area contributed by atoms with E-state index < -0.39 is 56.7 Å². The molecular weight excluding hydrogens is 368 g/mol. The molecule has 0 fully saturated rings. The summed E-state index contributed by atoms with van der Waals surface area (Å²) in [5, 5.41) is -1.83. The minimum atomic E-state index is -5.15. The number of pyridine rings is 1. The van der Waals surface area contributed by atoms with Gasteiger partial charge < -0.3 is 0 Å². The second-order valence-electron chi connectivity index (χ2n) is 5.62. The number of fused-ring (bicyclic) bond motifs is 2. The highest BCUT2D eigenvalue weighted by atomic mass is 19.4. The summed E-state index contributed by atoms with van der Waals surface area (Å²) in [5.74, 6) is 0. The first-order chi connectivity index (χ1) is 11.8. The van der Waals surface area contributed by atoms with Crippen LogP contribution < -0.4 is 11.2 Å². The van der Waals surface area contributed by atoms with Crippen molar-refractivity contribution in [3.63, 3.8) is 0 Å². The van der Waals surface area contributed by atoms with E-state index in [4.69, 9.17) is 0 Å². The number of hydrogen-bond acceptors (Lipinski definition) is 3. The molecule has 138 valence electrons. The van der Waals surface area contributed by atoms with Crippen molar-refractivity contribution in [3.8, 4) is 0 Å². The Bertz CT molecular complexity index is 1170. The van der Waals surface area contributed by atoms with Crippen LogP contribution in [0.3, 0.4) is 0 Å². The molecule has 3 rings (SSSR count). The third-order valence-electron chi connectivity index (χ3n) is 3.99. The number of nitrogens with zero attached hydrogens (tertiary/aromatic N) is 3. The van der Waals surface area contributed by atoms with E-state index in [0.29, 0.717) is 16.7 Å². The lowest BCUT2D eigenvalue weighted by atomic mass is 10.0. The van der Waals surface area contributed by atoms with E-state index in [0.717, 1.165) is 24.7 Å². The zero-order valence-electron chi connectivity index (χ0n) is 13.2. The quantitative estimate of drug-likeness (QED) is 0.447. The summed E-state index contributed by atoms with van der Waals surface area (Å²) in [5.41, 5.74) is -6.03. The fourth-order valence-electron chi connectivity index (χ4n) is 2.74. The molecule has 0 aliphatic carbocycles. The number of rotatable bonds is 0. The second kappa shape index (κ2) is 5.32. The molecule has 0 radical (unpaired) electrons. The largest absolute Gasteiger partial charge is 0.417 e. The molecule has 0 amide bonds. The molecule has 11 heteroatoms. The lowest BCUT2D eigenvalue weighted by Gasteiger charge is -2.16. The van der Waals surface area contributed by atoms with Crippen molar-refractivity contribution in [2.75, 3.05) is 0 Å². The van der Waals surface area contributed by atoms with Crippen LogP contribution in [0.4, 0.5) is 26.3 Å². The Balaban J connectivity index is 2.69. The highest BCUT2D eigenvalue weighted by Gasteiger charge is 2.39. The van der Waals surface area contributed by atoms with Gasteiger partial charge in [0.1, 0.15) is 0 Å². The van der Waals surface area contributed by atoms with Crippen molar-refractivity contribution >= 4 is 21.9 Å². The zero-order valence-corrected chi connectivity index (χ0v) is 13.2. The number of hydrogen-bond donors (Lipinski definition) is 0. The lowest BCUT2D eigenvalue weighted by molar-refractivity contribution is -0.138. The summed E-state index contributed by atoms with van der Waals surface area (Å²) >= 11 is 0. The normalized spacial score (nSPS) is 12.9. The third-order valence-corrected chi connectivity index (χ3v) is 3.99. The third kappa shape index (κ3) is 2.54. The number of aryl methyl sites for hydroxylation is 1. The summed E-state index contributed by atoms with van der Waals surface area (Å²) in [4.78, 5) is 28.0. The number of aromatic nitrogens is 3. The van der Waals surface area contributed by atoms with E-state index in [2.05, 4.69) is 4.98 Å². The van der Waals surface area contributed by atoms with Gasteiger partial charge in [0.25, 0.3) is 5.56 Å². The summed E-state index contributed by atoms with van der Waals surface area (Å²) in [7, 11) is 2.09. The maximum absolute atomic E-state index is 13.7. The minimum Gasteiger partial charge on any atom is -0.280 e. The molecule has 0 aliphatic heterocycles. The molecule has 0 saturated heterocycles. The van der Waals surface area contributed by atoms with E-state index >= 15 is 0 Å². The Morgan fingerprint density at radius 3 is 2.08 bits per heavy atom. The van der Waals surface area contributed by atoms with Gasteiger partial charge >= 0.3 is 18.0 Å². The molecule has 2 aromatic heterocycles. The molecule has 0 atom stereocenters. The monoisotopic (exact) mass is 377 g/mol. The van der Waals surface area contributed by atoms with Gasteiger partial charge in [0.15, 0.2) is 5.65 Å². The fraction of sp³-hybridized carbons (Fsp3) is 0.267. The molecule has 5 nitrogen and oxygen atoms in total. The van der Waals surface area contributed by atoms with Crippen LogP contribution >= 0.6 is 0 Å². The maximum atomic E-state index is 13.7. The van der Waals surface area contributed by atoms with E-state index in [9.17, 15) is 35.9 Å². The predicted octanol–water partition coefficient (Wildman–Crippen LogP) is 2.82. The van der Waals surface area contributed by atoms with Crippen molar-refractivity contribution in [3.05, 3.63) is 50.2 Å². The molecule has 1 aromatic carbocycles. The smallest absolute Gasteiger partial charge is 0.280 e. The van der Waals surface area contributed by atoms with Crippen molar-refractivity contribution in [1.29, 1.82) is 0 Å². The molecule has 3 aromatic rings. The molecule has 0 N–H and O–H groups in total. The molecule has 26 heavy (non-hydrogen) atoms. The van der Waals surface area contributed by atoms with E-state index in [1.54, 1.807) is 0 Å². The van der Waals surface area contributed by atoms with E-state index in [1.807, 2.05) is 0 Å². The minimum absolute atomic E-state index is 0.301.